The van der Waals surface area contributed by atoms with Gasteiger partial charge in [0.05, 0.1) is 6.21 Å². The van der Waals surface area contributed by atoms with E-state index >= 15 is 0 Å². The Labute approximate surface area is 204 Å². The van der Waals surface area contributed by atoms with Crippen LogP contribution in [0.5, 0.6) is 0 Å². The largest absolute Gasteiger partial charge is 0.368 e. The molecule has 3 aromatic rings. The number of anilines is 4. The maximum Gasteiger partial charge on any atom is 0.250 e. The molecule has 10 heteroatoms. The Bertz CT molecular complexity index is 1090. The second-order valence-electron chi connectivity index (χ2n) is 8.23. The summed E-state index contributed by atoms with van der Waals surface area (Å²) in [5, 5.41) is 8.48. The van der Waals surface area contributed by atoms with Gasteiger partial charge in [-0.1, -0.05) is 41.9 Å². The first kappa shape index (κ1) is 22.4. The van der Waals surface area contributed by atoms with Crippen LogP contribution in [0.2, 0.25) is 5.02 Å². The number of halogens is 1. The minimum Gasteiger partial charge on any atom is -0.368 e. The lowest BCUT2D eigenvalue weighted by Crippen LogP contribution is -2.47. The third-order valence-corrected chi connectivity index (χ3v) is 6.20. The van der Waals surface area contributed by atoms with Gasteiger partial charge >= 0.3 is 0 Å². The van der Waals surface area contributed by atoms with Crippen molar-refractivity contribution in [3.05, 3.63) is 65.2 Å². The average molecular weight is 478 g/mol. The van der Waals surface area contributed by atoms with Crippen LogP contribution < -0.4 is 25.4 Å². The van der Waals surface area contributed by atoms with Gasteiger partial charge in [0.2, 0.25) is 17.8 Å². The van der Waals surface area contributed by atoms with Gasteiger partial charge in [-0.25, -0.2) is 5.43 Å². The molecule has 176 valence electrons. The van der Waals surface area contributed by atoms with Crippen LogP contribution in [0.1, 0.15) is 5.56 Å². The molecule has 2 saturated heterocycles. The number of aromatic nitrogens is 3. The topological polar surface area (TPSA) is 84.8 Å². The lowest BCUT2D eigenvalue weighted by atomic mass is 10.2. The zero-order valence-corrected chi connectivity index (χ0v) is 19.7. The molecule has 1 aromatic heterocycles. The number of nitrogens with one attached hydrogen (secondary N) is 2. The number of rotatable bonds is 6. The molecule has 3 heterocycles. The Morgan fingerprint density at radius 1 is 0.765 bits per heavy atom. The molecule has 0 unspecified atom stereocenters. The highest BCUT2D eigenvalue weighted by atomic mass is 35.5. The second kappa shape index (κ2) is 10.7. The van der Waals surface area contributed by atoms with E-state index in [1.807, 2.05) is 42.5 Å². The number of nitrogens with zero attached hydrogens (tertiary/aromatic N) is 7. The van der Waals surface area contributed by atoms with E-state index < -0.39 is 0 Å². The van der Waals surface area contributed by atoms with Crippen LogP contribution in [-0.4, -0.2) is 73.5 Å². The third kappa shape index (κ3) is 5.55. The molecule has 0 aliphatic carbocycles. The summed E-state index contributed by atoms with van der Waals surface area (Å²) >= 11 is 6.05. The number of hydrogen-bond donors (Lipinski definition) is 2. The van der Waals surface area contributed by atoms with Crippen molar-refractivity contribution < 1.29 is 0 Å². The number of piperazine rings is 2. The van der Waals surface area contributed by atoms with E-state index in [9.17, 15) is 0 Å². The van der Waals surface area contributed by atoms with Crippen molar-refractivity contribution in [1.29, 1.82) is 0 Å². The molecule has 0 radical (unpaired) electrons. The van der Waals surface area contributed by atoms with E-state index in [1.54, 1.807) is 6.21 Å². The molecule has 2 aromatic carbocycles. The predicted molar refractivity (Wildman–Crippen MR) is 138 cm³/mol. The molecular weight excluding hydrogens is 450 g/mol. The van der Waals surface area contributed by atoms with Crippen molar-refractivity contribution in [3.63, 3.8) is 0 Å². The average Bonchev–Trinajstić information content (AvgIpc) is 2.90. The molecule has 34 heavy (non-hydrogen) atoms. The van der Waals surface area contributed by atoms with Crippen LogP contribution in [0, 0.1) is 0 Å². The molecule has 2 N–H and O–H groups in total. The Hall–Kier alpha value is -3.43. The highest BCUT2D eigenvalue weighted by Crippen LogP contribution is 2.22. The van der Waals surface area contributed by atoms with Gasteiger partial charge in [-0.2, -0.15) is 20.1 Å². The van der Waals surface area contributed by atoms with Crippen LogP contribution in [0.15, 0.2) is 59.7 Å². The van der Waals surface area contributed by atoms with Crippen molar-refractivity contribution in [2.45, 2.75) is 0 Å². The van der Waals surface area contributed by atoms with Crippen LogP contribution >= 0.6 is 11.6 Å². The summed E-state index contributed by atoms with van der Waals surface area (Å²) in [6, 6.07) is 17.9. The maximum absolute atomic E-state index is 6.05. The van der Waals surface area contributed by atoms with Crippen molar-refractivity contribution in [3.8, 4) is 0 Å². The SMILES string of the molecule is Clc1ccc(N2CCN(c3nc(N/N=C/c4ccccc4)nc(N4CCNCC4)n3)CC2)cc1. The lowest BCUT2D eigenvalue weighted by molar-refractivity contribution is 0.577. The number of hydrogen-bond acceptors (Lipinski definition) is 9. The summed E-state index contributed by atoms with van der Waals surface area (Å²) in [6.07, 6.45) is 1.76. The van der Waals surface area contributed by atoms with Crippen molar-refractivity contribution in [1.82, 2.24) is 20.3 Å². The van der Waals surface area contributed by atoms with Crippen LogP contribution in [0.4, 0.5) is 23.5 Å². The summed E-state index contributed by atoms with van der Waals surface area (Å²) in [5.74, 6) is 1.81. The molecule has 0 saturated carbocycles. The van der Waals surface area contributed by atoms with Gasteiger partial charge in [-0.15, -0.1) is 0 Å². The number of benzene rings is 2. The molecule has 0 spiro atoms. The summed E-state index contributed by atoms with van der Waals surface area (Å²) in [5.41, 5.74) is 5.19. The summed E-state index contributed by atoms with van der Waals surface area (Å²) in [6.45, 7) is 6.95. The Kier molecular flexibility index (Phi) is 7.02. The normalized spacial score (nSPS) is 16.8. The Morgan fingerprint density at radius 2 is 1.38 bits per heavy atom. The molecular formula is C24H28ClN9. The molecule has 2 aliphatic heterocycles. The van der Waals surface area contributed by atoms with E-state index in [0.717, 1.165) is 62.9 Å². The first-order valence-corrected chi connectivity index (χ1v) is 11.9. The van der Waals surface area contributed by atoms with E-state index in [1.165, 1.54) is 5.69 Å². The van der Waals surface area contributed by atoms with Gasteiger partial charge in [-0.3, -0.25) is 0 Å². The van der Waals surface area contributed by atoms with E-state index in [0.29, 0.717) is 17.8 Å². The van der Waals surface area contributed by atoms with Crippen molar-refractivity contribution in [2.75, 3.05) is 72.5 Å². The smallest absolute Gasteiger partial charge is 0.250 e. The fourth-order valence-electron chi connectivity index (χ4n) is 4.07. The van der Waals surface area contributed by atoms with Gasteiger partial charge in [0.1, 0.15) is 0 Å². The van der Waals surface area contributed by atoms with Gasteiger partial charge in [0.15, 0.2) is 0 Å². The molecule has 2 aliphatic rings. The molecule has 9 nitrogen and oxygen atoms in total. The van der Waals surface area contributed by atoms with E-state index in [4.69, 9.17) is 21.6 Å². The fourth-order valence-corrected chi connectivity index (χ4v) is 4.20. The molecule has 5 rings (SSSR count). The summed E-state index contributed by atoms with van der Waals surface area (Å²) in [4.78, 5) is 20.9. The summed E-state index contributed by atoms with van der Waals surface area (Å²) < 4.78 is 0. The number of hydrazone groups is 1. The monoisotopic (exact) mass is 477 g/mol. The van der Waals surface area contributed by atoms with Gasteiger partial charge in [0.25, 0.3) is 0 Å². The van der Waals surface area contributed by atoms with Crippen molar-refractivity contribution in [2.24, 2.45) is 5.10 Å². The van der Waals surface area contributed by atoms with Gasteiger partial charge < -0.3 is 20.0 Å². The third-order valence-electron chi connectivity index (χ3n) is 5.94. The first-order valence-electron chi connectivity index (χ1n) is 11.6. The summed E-state index contributed by atoms with van der Waals surface area (Å²) in [7, 11) is 0. The second-order valence-corrected chi connectivity index (χ2v) is 8.66. The van der Waals surface area contributed by atoms with E-state index in [-0.39, 0.29) is 0 Å². The highest BCUT2D eigenvalue weighted by Gasteiger charge is 2.22. The molecule has 0 atom stereocenters. The Balaban J connectivity index is 1.32. The van der Waals surface area contributed by atoms with Crippen LogP contribution in [0.25, 0.3) is 0 Å². The van der Waals surface area contributed by atoms with Gasteiger partial charge in [-0.05, 0) is 29.8 Å². The molecule has 0 bridgehead atoms. The maximum atomic E-state index is 6.05. The lowest BCUT2D eigenvalue weighted by Gasteiger charge is -2.36. The molecule has 0 amide bonds. The standard InChI is InChI=1S/C24H28ClN9/c25-20-6-8-21(9-7-20)32-14-16-34(17-15-32)24-29-22(31-27-18-19-4-2-1-3-5-19)28-23(30-24)33-12-10-26-11-13-33/h1-9,18,26H,10-17H2,(H,28,29,30,31)/b27-18+. The van der Waals surface area contributed by atoms with Crippen LogP contribution in [0.3, 0.4) is 0 Å². The predicted octanol–water partition coefficient (Wildman–Crippen LogP) is 2.71. The van der Waals surface area contributed by atoms with Crippen molar-refractivity contribution >= 4 is 41.3 Å². The highest BCUT2D eigenvalue weighted by molar-refractivity contribution is 6.30. The zero-order valence-electron chi connectivity index (χ0n) is 18.9. The Morgan fingerprint density at radius 3 is 2.06 bits per heavy atom. The molecule has 2 fully saturated rings. The zero-order chi connectivity index (χ0) is 23.2. The quantitative estimate of drug-likeness (QED) is 0.414. The van der Waals surface area contributed by atoms with E-state index in [2.05, 4.69) is 47.7 Å². The minimum absolute atomic E-state index is 0.450. The minimum atomic E-state index is 0.450. The van der Waals surface area contributed by atoms with Gasteiger partial charge in [0, 0.05) is 63.1 Å². The van der Waals surface area contributed by atoms with Crippen LogP contribution in [-0.2, 0) is 0 Å². The fraction of sp³-hybridized carbons (Fsp3) is 0.333. The first-order chi connectivity index (χ1) is 16.7.